The molecule has 2 heterocycles. The zero-order chi connectivity index (χ0) is 25.9. The van der Waals surface area contributed by atoms with E-state index < -0.39 is 5.91 Å². The van der Waals surface area contributed by atoms with E-state index >= 15 is 0 Å². The molecular formula is C28H23F2N3O3S. The van der Waals surface area contributed by atoms with Crippen molar-refractivity contribution >= 4 is 40.6 Å². The van der Waals surface area contributed by atoms with Gasteiger partial charge in [-0.05, 0) is 77.5 Å². The lowest BCUT2D eigenvalue weighted by Crippen LogP contribution is -2.48. The van der Waals surface area contributed by atoms with Crippen molar-refractivity contribution < 1.29 is 23.2 Å². The average molecular weight is 520 g/mol. The van der Waals surface area contributed by atoms with Gasteiger partial charge >= 0.3 is 0 Å². The minimum Gasteiger partial charge on any atom is -0.368 e. The summed E-state index contributed by atoms with van der Waals surface area (Å²) in [6.45, 7) is 2.50. The van der Waals surface area contributed by atoms with Crippen molar-refractivity contribution in [1.29, 1.82) is 0 Å². The van der Waals surface area contributed by atoms with Crippen molar-refractivity contribution in [1.82, 2.24) is 9.80 Å². The molecule has 2 aliphatic rings. The number of piperazine rings is 1. The molecule has 2 saturated heterocycles. The first kappa shape index (κ1) is 24.7. The van der Waals surface area contributed by atoms with Crippen molar-refractivity contribution in [3.05, 3.63) is 106 Å². The van der Waals surface area contributed by atoms with Crippen molar-refractivity contribution in [3.8, 4) is 0 Å². The quantitative estimate of drug-likeness (QED) is 0.436. The molecule has 0 saturated carbocycles. The number of hydrogen-bond acceptors (Lipinski definition) is 5. The number of nitrogens with zero attached hydrogens (tertiary/aromatic N) is 3. The number of thioether (sulfide) groups is 1. The highest BCUT2D eigenvalue weighted by atomic mass is 32.2. The van der Waals surface area contributed by atoms with Crippen LogP contribution in [0.15, 0.2) is 77.7 Å². The summed E-state index contributed by atoms with van der Waals surface area (Å²) in [5.41, 5.74) is 2.83. The molecule has 0 unspecified atom stereocenters. The van der Waals surface area contributed by atoms with E-state index in [0.29, 0.717) is 47.8 Å². The highest BCUT2D eigenvalue weighted by molar-refractivity contribution is 8.18. The highest BCUT2D eigenvalue weighted by Gasteiger charge is 2.35. The van der Waals surface area contributed by atoms with Crippen molar-refractivity contribution in [2.45, 2.75) is 6.54 Å². The average Bonchev–Trinajstić information content (AvgIpc) is 3.17. The standard InChI is InChI=1S/C28H23F2N3O3S/c29-22-7-3-20(4-8-22)18-33-27(35)25(37-28(33)36)17-19-1-5-21(6-2-19)26(34)32-15-13-31(14-16-32)24-11-9-23(30)10-12-24/h1-12,17H,13-16,18H2. The number of benzene rings is 3. The third-order valence-corrected chi connectivity index (χ3v) is 7.25. The van der Waals surface area contributed by atoms with Crippen LogP contribution in [0.3, 0.4) is 0 Å². The zero-order valence-corrected chi connectivity index (χ0v) is 20.6. The van der Waals surface area contributed by atoms with Gasteiger partial charge in [0.25, 0.3) is 17.1 Å². The number of rotatable bonds is 5. The van der Waals surface area contributed by atoms with Crippen molar-refractivity contribution in [3.63, 3.8) is 0 Å². The number of halogens is 2. The Morgan fingerprint density at radius 3 is 2.03 bits per heavy atom. The Morgan fingerprint density at radius 2 is 1.41 bits per heavy atom. The fourth-order valence-electron chi connectivity index (χ4n) is 4.28. The molecular weight excluding hydrogens is 496 g/mol. The lowest BCUT2D eigenvalue weighted by molar-refractivity contribution is -0.123. The van der Waals surface area contributed by atoms with Gasteiger partial charge in [-0.3, -0.25) is 19.3 Å². The van der Waals surface area contributed by atoms with Crippen LogP contribution in [0.5, 0.6) is 0 Å². The Balaban J connectivity index is 1.20. The van der Waals surface area contributed by atoms with Crippen LogP contribution in [0.1, 0.15) is 21.5 Å². The van der Waals surface area contributed by atoms with Crippen LogP contribution in [0, 0.1) is 11.6 Å². The molecule has 0 aromatic heterocycles. The summed E-state index contributed by atoms with van der Waals surface area (Å²) in [7, 11) is 0. The van der Waals surface area contributed by atoms with E-state index in [4.69, 9.17) is 0 Å². The van der Waals surface area contributed by atoms with E-state index in [2.05, 4.69) is 4.90 Å². The molecule has 0 spiro atoms. The fourth-order valence-corrected chi connectivity index (χ4v) is 5.12. The summed E-state index contributed by atoms with van der Waals surface area (Å²) in [4.78, 5) is 43.5. The number of imide groups is 1. The van der Waals surface area contributed by atoms with Gasteiger partial charge in [0.15, 0.2) is 0 Å². The van der Waals surface area contributed by atoms with E-state index in [9.17, 15) is 23.2 Å². The predicted octanol–water partition coefficient (Wildman–Crippen LogP) is 5.16. The molecule has 5 rings (SSSR count). The van der Waals surface area contributed by atoms with Gasteiger partial charge < -0.3 is 9.80 Å². The van der Waals surface area contributed by atoms with Crippen molar-refractivity contribution in [2.75, 3.05) is 31.1 Å². The first-order chi connectivity index (χ1) is 17.9. The molecule has 3 amide bonds. The molecule has 0 atom stereocenters. The molecule has 0 bridgehead atoms. The van der Waals surface area contributed by atoms with Crippen LogP contribution in [0.2, 0.25) is 0 Å². The van der Waals surface area contributed by atoms with Gasteiger partial charge in [0.05, 0.1) is 11.4 Å². The number of carbonyl (C=O) groups excluding carboxylic acids is 3. The first-order valence-corrected chi connectivity index (χ1v) is 12.6. The monoisotopic (exact) mass is 519 g/mol. The fraction of sp³-hybridized carbons (Fsp3) is 0.179. The van der Waals surface area contributed by atoms with Crippen LogP contribution in [0.4, 0.5) is 19.3 Å². The van der Waals surface area contributed by atoms with Gasteiger partial charge in [0.2, 0.25) is 0 Å². The summed E-state index contributed by atoms with van der Waals surface area (Å²) in [6, 6.07) is 18.9. The Morgan fingerprint density at radius 1 is 0.811 bits per heavy atom. The largest absolute Gasteiger partial charge is 0.368 e. The van der Waals surface area contributed by atoms with Crippen LogP contribution in [0.25, 0.3) is 6.08 Å². The summed E-state index contributed by atoms with van der Waals surface area (Å²) < 4.78 is 26.3. The normalized spacial score (nSPS) is 17.1. The van der Waals surface area contributed by atoms with Gasteiger partial charge in [0.1, 0.15) is 11.6 Å². The lowest BCUT2D eigenvalue weighted by atomic mass is 10.1. The maximum atomic E-state index is 13.2. The van der Waals surface area contributed by atoms with Crippen LogP contribution >= 0.6 is 11.8 Å². The molecule has 2 aliphatic heterocycles. The number of amides is 3. The van der Waals surface area contributed by atoms with E-state index in [1.165, 1.54) is 24.3 Å². The topological polar surface area (TPSA) is 60.9 Å². The lowest BCUT2D eigenvalue weighted by Gasteiger charge is -2.36. The molecule has 6 nitrogen and oxygen atoms in total. The minimum absolute atomic E-state index is 0.0736. The second-order valence-electron chi connectivity index (χ2n) is 8.77. The highest BCUT2D eigenvalue weighted by Crippen LogP contribution is 2.33. The van der Waals surface area contributed by atoms with E-state index in [0.717, 1.165) is 22.3 Å². The molecule has 0 N–H and O–H groups in total. The maximum Gasteiger partial charge on any atom is 0.293 e. The van der Waals surface area contributed by atoms with Crippen LogP contribution < -0.4 is 4.90 Å². The molecule has 188 valence electrons. The smallest absolute Gasteiger partial charge is 0.293 e. The Hall–Kier alpha value is -3.98. The molecule has 3 aromatic rings. The second kappa shape index (κ2) is 10.6. The van der Waals surface area contributed by atoms with E-state index in [1.807, 2.05) is 0 Å². The third-order valence-electron chi connectivity index (χ3n) is 6.34. The van der Waals surface area contributed by atoms with Crippen LogP contribution in [-0.4, -0.2) is 53.0 Å². The van der Waals surface area contributed by atoms with Gasteiger partial charge in [-0.15, -0.1) is 0 Å². The maximum absolute atomic E-state index is 13.2. The molecule has 0 radical (unpaired) electrons. The summed E-state index contributed by atoms with van der Waals surface area (Å²) >= 11 is 0.855. The summed E-state index contributed by atoms with van der Waals surface area (Å²) in [5.74, 6) is -1.14. The third kappa shape index (κ3) is 5.56. The Kier molecular flexibility index (Phi) is 7.05. The van der Waals surface area contributed by atoms with Crippen LogP contribution in [-0.2, 0) is 11.3 Å². The van der Waals surface area contributed by atoms with Gasteiger partial charge in [-0.2, -0.15) is 0 Å². The van der Waals surface area contributed by atoms with Gasteiger partial charge in [-0.25, -0.2) is 8.78 Å². The molecule has 3 aromatic carbocycles. The van der Waals surface area contributed by atoms with Gasteiger partial charge in [0, 0.05) is 37.4 Å². The molecule has 37 heavy (non-hydrogen) atoms. The second-order valence-corrected chi connectivity index (χ2v) is 9.77. The van der Waals surface area contributed by atoms with E-state index in [-0.39, 0.29) is 29.3 Å². The number of carbonyl (C=O) groups is 3. The number of anilines is 1. The Bertz CT molecular complexity index is 1350. The molecule has 2 fully saturated rings. The van der Waals surface area contributed by atoms with Gasteiger partial charge in [-0.1, -0.05) is 24.3 Å². The SMILES string of the molecule is O=C(c1ccc(C=C2SC(=O)N(Cc3ccc(F)cc3)C2=O)cc1)N1CCN(c2ccc(F)cc2)CC1. The minimum atomic E-state index is -0.404. The molecule has 9 heteroatoms. The zero-order valence-electron chi connectivity index (χ0n) is 19.8. The van der Waals surface area contributed by atoms with E-state index in [1.54, 1.807) is 59.5 Å². The first-order valence-electron chi connectivity index (χ1n) is 11.8. The summed E-state index contributed by atoms with van der Waals surface area (Å²) in [5, 5.41) is -0.382. The summed E-state index contributed by atoms with van der Waals surface area (Å²) in [6.07, 6.45) is 1.63. The molecule has 0 aliphatic carbocycles. The van der Waals surface area contributed by atoms with Crippen molar-refractivity contribution in [2.24, 2.45) is 0 Å². The predicted molar refractivity (Wildman–Crippen MR) is 139 cm³/mol. The Labute approximate surface area is 217 Å². The number of hydrogen-bond donors (Lipinski definition) is 0.